The Morgan fingerprint density at radius 1 is 1.21 bits per heavy atom. The van der Waals surface area contributed by atoms with Crippen LogP contribution in [0, 0.1) is 10.1 Å². The first kappa shape index (κ1) is 18.8. The minimum Gasteiger partial charge on any atom is -0.457 e. The van der Waals surface area contributed by atoms with E-state index in [0.717, 1.165) is 31.1 Å². The normalized spacial score (nSPS) is 18.6. The maximum Gasteiger partial charge on any atom is 0.286 e. The molecule has 0 radical (unpaired) electrons. The summed E-state index contributed by atoms with van der Waals surface area (Å²) >= 11 is 7.51. The van der Waals surface area contributed by atoms with Gasteiger partial charge in [-0.3, -0.25) is 14.9 Å². The zero-order valence-corrected chi connectivity index (χ0v) is 16.3. The lowest BCUT2D eigenvalue weighted by molar-refractivity contribution is -0.384. The average molecular weight is 418 g/mol. The lowest BCUT2D eigenvalue weighted by atomic mass is 10.1. The van der Waals surface area contributed by atoms with Crippen LogP contribution < -0.4 is 0 Å². The van der Waals surface area contributed by atoms with Gasteiger partial charge in [-0.25, -0.2) is 0 Å². The summed E-state index contributed by atoms with van der Waals surface area (Å²) in [5.41, 5.74) is 0.463. The predicted molar refractivity (Wildman–Crippen MR) is 109 cm³/mol. The number of amides is 1. The summed E-state index contributed by atoms with van der Waals surface area (Å²) in [4.78, 5) is 29.4. The van der Waals surface area contributed by atoms with Gasteiger partial charge in [0, 0.05) is 36.9 Å². The van der Waals surface area contributed by atoms with Gasteiger partial charge in [0.05, 0.1) is 14.9 Å². The maximum atomic E-state index is 12.2. The van der Waals surface area contributed by atoms with Crippen LogP contribution in [0.4, 0.5) is 5.69 Å². The van der Waals surface area contributed by atoms with Gasteiger partial charge in [-0.1, -0.05) is 11.6 Å². The van der Waals surface area contributed by atoms with E-state index >= 15 is 0 Å². The summed E-state index contributed by atoms with van der Waals surface area (Å²) in [5, 5.41) is 11.8. The number of nitro groups is 1. The minimum absolute atomic E-state index is 0.0852. The number of carbonyl (C=O) groups excluding carboxylic acids is 1. The molecule has 2 aliphatic rings. The van der Waals surface area contributed by atoms with E-state index in [2.05, 4.69) is 9.89 Å². The van der Waals surface area contributed by atoms with Gasteiger partial charge in [0.15, 0.2) is 5.17 Å². The van der Waals surface area contributed by atoms with Gasteiger partial charge in [0.2, 0.25) is 0 Å². The summed E-state index contributed by atoms with van der Waals surface area (Å²) in [6.45, 7) is 1.85. The summed E-state index contributed by atoms with van der Waals surface area (Å²) in [5.74, 6) is 0.701. The van der Waals surface area contributed by atoms with Crippen LogP contribution in [0.1, 0.15) is 25.0 Å². The van der Waals surface area contributed by atoms with Crippen molar-refractivity contribution in [1.29, 1.82) is 0 Å². The molecular formula is C19H16ClN3O4S. The Bertz CT molecular complexity index is 1010. The molecule has 144 valence electrons. The van der Waals surface area contributed by atoms with E-state index in [1.807, 2.05) is 0 Å². The van der Waals surface area contributed by atoms with Crippen molar-refractivity contribution in [3.63, 3.8) is 0 Å². The van der Waals surface area contributed by atoms with Crippen molar-refractivity contribution in [3.05, 3.63) is 56.1 Å². The fourth-order valence-electron chi connectivity index (χ4n) is 3.14. The molecule has 2 aliphatic heterocycles. The number of rotatable bonds is 3. The molecule has 0 bridgehead atoms. The Labute approximate surface area is 170 Å². The molecule has 1 fully saturated rings. The highest BCUT2D eigenvalue weighted by molar-refractivity contribution is 8.18. The standard InChI is InChI=1S/C19H16ClN3O4S/c20-15-10-12(23(25)26)4-6-14(15)16-7-5-13(27-16)11-17-18(24)21-19(28-17)22-8-2-1-3-9-22/h4-7,10-11H,1-3,8-9H2. The number of thioether (sulfide) groups is 1. The molecule has 28 heavy (non-hydrogen) atoms. The third kappa shape index (κ3) is 3.83. The highest BCUT2D eigenvalue weighted by Crippen LogP contribution is 2.35. The number of benzene rings is 1. The second-order valence-electron chi connectivity index (χ2n) is 6.48. The number of furan rings is 1. The largest absolute Gasteiger partial charge is 0.457 e. The molecule has 0 atom stereocenters. The van der Waals surface area contributed by atoms with Gasteiger partial charge in [-0.2, -0.15) is 4.99 Å². The highest BCUT2D eigenvalue weighted by atomic mass is 35.5. The number of aliphatic imine (C=N–C) groups is 1. The number of likely N-dealkylation sites (tertiary alicyclic amines) is 1. The SMILES string of the molecule is O=C1N=C(N2CCCCC2)SC1=Cc1ccc(-c2ccc([N+](=O)[O-])cc2Cl)o1. The number of nitro benzene ring substituents is 1. The summed E-state index contributed by atoms with van der Waals surface area (Å²) in [7, 11) is 0. The van der Waals surface area contributed by atoms with Crippen LogP contribution in [0.3, 0.4) is 0 Å². The van der Waals surface area contributed by atoms with Gasteiger partial charge < -0.3 is 9.32 Å². The Morgan fingerprint density at radius 3 is 2.71 bits per heavy atom. The molecule has 0 spiro atoms. The van der Waals surface area contributed by atoms with Gasteiger partial charge in [-0.05, 0) is 49.2 Å². The van der Waals surface area contributed by atoms with Crippen molar-refractivity contribution in [2.45, 2.75) is 19.3 Å². The molecule has 3 heterocycles. The number of nitrogens with zero attached hydrogens (tertiary/aromatic N) is 3. The fourth-order valence-corrected chi connectivity index (χ4v) is 4.35. The monoisotopic (exact) mass is 417 g/mol. The first-order valence-electron chi connectivity index (χ1n) is 8.83. The highest BCUT2D eigenvalue weighted by Gasteiger charge is 2.27. The smallest absolute Gasteiger partial charge is 0.286 e. The molecule has 0 saturated carbocycles. The van der Waals surface area contributed by atoms with Crippen LogP contribution >= 0.6 is 23.4 Å². The molecule has 0 unspecified atom stereocenters. The molecule has 0 N–H and O–H groups in total. The van der Waals surface area contributed by atoms with E-state index in [0.29, 0.717) is 22.0 Å². The van der Waals surface area contributed by atoms with Crippen molar-refractivity contribution >= 4 is 46.2 Å². The minimum atomic E-state index is -0.503. The Kier molecular flexibility index (Phi) is 5.23. The zero-order valence-electron chi connectivity index (χ0n) is 14.8. The van der Waals surface area contributed by atoms with Crippen LogP contribution in [-0.2, 0) is 4.79 Å². The topological polar surface area (TPSA) is 89.0 Å². The third-order valence-electron chi connectivity index (χ3n) is 4.56. The van der Waals surface area contributed by atoms with Crippen molar-refractivity contribution in [3.8, 4) is 11.3 Å². The molecule has 9 heteroatoms. The first-order valence-corrected chi connectivity index (χ1v) is 10.0. The lowest BCUT2D eigenvalue weighted by Crippen LogP contribution is -2.33. The molecule has 1 aromatic heterocycles. The maximum absolute atomic E-state index is 12.2. The number of carbonyl (C=O) groups is 1. The Morgan fingerprint density at radius 2 is 2.00 bits per heavy atom. The molecule has 2 aromatic rings. The van der Waals surface area contributed by atoms with E-state index in [-0.39, 0.29) is 16.6 Å². The molecule has 0 aliphatic carbocycles. The van der Waals surface area contributed by atoms with E-state index < -0.39 is 4.92 Å². The van der Waals surface area contributed by atoms with Crippen molar-refractivity contribution in [2.24, 2.45) is 4.99 Å². The number of halogens is 1. The van der Waals surface area contributed by atoms with E-state index in [9.17, 15) is 14.9 Å². The predicted octanol–water partition coefficient (Wildman–Crippen LogP) is 4.96. The van der Waals surface area contributed by atoms with Crippen LogP contribution in [-0.4, -0.2) is 34.0 Å². The van der Waals surface area contributed by atoms with Crippen molar-refractivity contribution in [2.75, 3.05) is 13.1 Å². The van der Waals surface area contributed by atoms with Crippen molar-refractivity contribution in [1.82, 2.24) is 4.90 Å². The van der Waals surface area contributed by atoms with E-state index in [4.69, 9.17) is 16.0 Å². The van der Waals surface area contributed by atoms with Crippen LogP contribution in [0.2, 0.25) is 5.02 Å². The van der Waals surface area contributed by atoms with Crippen LogP contribution in [0.25, 0.3) is 17.4 Å². The van der Waals surface area contributed by atoms with Gasteiger partial charge >= 0.3 is 0 Å². The summed E-state index contributed by atoms with van der Waals surface area (Å²) in [6.07, 6.45) is 5.11. The van der Waals surface area contributed by atoms with E-state index in [1.165, 1.54) is 30.3 Å². The number of non-ortho nitro benzene ring substituents is 1. The van der Waals surface area contributed by atoms with E-state index in [1.54, 1.807) is 24.3 Å². The number of piperidine rings is 1. The Balaban J connectivity index is 1.52. The van der Waals surface area contributed by atoms with Gasteiger partial charge in [0.1, 0.15) is 11.5 Å². The molecule has 1 saturated heterocycles. The second-order valence-corrected chi connectivity index (χ2v) is 7.90. The third-order valence-corrected chi connectivity index (χ3v) is 5.92. The number of hydrogen-bond acceptors (Lipinski definition) is 6. The fraction of sp³-hybridized carbons (Fsp3) is 0.263. The summed E-state index contributed by atoms with van der Waals surface area (Å²) < 4.78 is 5.78. The second kappa shape index (κ2) is 7.81. The van der Waals surface area contributed by atoms with Gasteiger partial charge in [-0.15, -0.1) is 0 Å². The van der Waals surface area contributed by atoms with Crippen molar-refractivity contribution < 1.29 is 14.1 Å². The Hall–Kier alpha value is -2.58. The van der Waals surface area contributed by atoms with Crippen LogP contribution in [0.5, 0.6) is 0 Å². The number of hydrogen-bond donors (Lipinski definition) is 0. The quantitative estimate of drug-likeness (QED) is 0.398. The average Bonchev–Trinajstić information content (AvgIpc) is 3.30. The van der Waals surface area contributed by atoms with Crippen LogP contribution in [0.15, 0.2) is 44.6 Å². The molecule has 4 rings (SSSR count). The molecular weight excluding hydrogens is 402 g/mol. The first-order chi connectivity index (χ1) is 13.5. The lowest BCUT2D eigenvalue weighted by Gasteiger charge is -2.27. The molecule has 7 nitrogen and oxygen atoms in total. The molecule has 1 amide bonds. The zero-order chi connectivity index (χ0) is 19.7. The molecule has 1 aromatic carbocycles. The van der Waals surface area contributed by atoms with Gasteiger partial charge in [0.25, 0.3) is 11.6 Å². The summed E-state index contributed by atoms with van der Waals surface area (Å²) in [6, 6.07) is 7.65. The number of amidine groups is 1.